The zero-order valence-electron chi connectivity index (χ0n) is 28.9. The number of carbonyl (C=O) groups excluding carboxylic acids is 2. The van der Waals surface area contributed by atoms with E-state index in [4.69, 9.17) is 16.3 Å². The van der Waals surface area contributed by atoms with Crippen molar-refractivity contribution in [1.29, 1.82) is 0 Å². The van der Waals surface area contributed by atoms with Crippen molar-refractivity contribution in [3.8, 4) is 5.75 Å². The highest BCUT2D eigenvalue weighted by atomic mass is 35.5. The smallest absolute Gasteiger partial charge is 0.253 e. The Morgan fingerprint density at radius 1 is 0.894 bits per heavy atom. The van der Waals surface area contributed by atoms with E-state index in [1.807, 2.05) is 82.4 Å². The lowest BCUT2D eigenvalue weighted by Gasteiger charge is -2.41. The van der Waals surface area contributed by atoms with Gasteiger partial charge in [-0.1, -0.05) is 75.7 Å². The van der Waals surface area contributed by atoms with Crippen LogP contribution in [0.4, 0.5) is 0 Å². The van der Waals surface area contributed by atoms with E-state index in [9.17, 15) is 9.59 Å². The molecule has 0 radical (unpaired) electrons. The van der Waals surface area contributed by atoms with Crippen molar-refractivity contribution in [2.24, 2.45) is 0 Å². The predicted octanol–water partition coefficient (Wildman–Crippen LogP) is 8.02. The lowest BCUT2D eigenvalue weighted by atomic mass is 10.1. The standard InChI is InChI=1S/C35H39ClN4O3.2C2H6/c1-24-7-3-4-8-26(24)19-37-35(42)31-22-39(34-30(31)9-5-10-33(34)43-2)17-6-18-40-28-15-16-29(40)21-38(20-28)23-32(41)25-11-13-27(36)14-12-25;2*1-2/h3-5,7-14,22,28-29H,6,15-21,23H2,1-2H3,(H,37,42);2*1-2H3. The Morgan fingerprint density at radius 2 is 1.57 bits per heavy atom. The molecule has 0 spiro atoms. The number of hydrogen-bond donors (Lipinski definition) is 1. The molecule has 0 saturated carbocycles. The van der Waals surface area contributed by atoms with Gasteiger partial charge in [0.2, 0.25) is 0 Å². The number of benzene rings is 3. The van der Waals surface area contributed by atoms with Crippen LogP contribution in [0, 0.1) is 6.92 Å². The molecule has 2 aliphatic rings. The average Bonchev–Trinajstić information content (AvgIpc) is 3.59. The number of hydrogen-bond acceptors (Lipinski definition) is 5. The maximum Gasteiger partial charge on any atom is 0.253 e. The molecule has 6 rings (SSSR count). The number of aryl methyl sites for hydroxylation is 2. The van der Waals surface area contributed by atoms with Crippen molar-refractivity contribution in [3.63, 3.8) is 0 Å². The van der Waals surface area contributed by atoms with Gasteiger partial charge < -0.3 is 14.6 Å². The molecule has 0 aliphatic carbocycles. The zero-order chi connectivity index (χ0) is 33.9. The first-order valence-electron chi connectivity index (χ1n) is 17.2. The number of Topliss-reactive ketones (excluding diaryl/α,β-unsaturated/α-hetero) is 1. The Bertz CT molecular complexity index is 1600. The van der Waals surface area contributed by atoms with Gasteiger partial charge in [-0.3, -0.25) is 19.4 Å². The molecule has 2 atom stereocenters. The number of carbonyl (C=O) groups is 2. The molecule has 47 heavy (non-hydrogen) atoms. The molecule has 4 aromatic rings. The molecule has 3 heterocycles. The van der Waals surface area contributed by atoms with Crippen molar-refractivity contribution in [1.82, 2.24) is 19.7 Å². The van der Waals surface area contributed by atoms with E-state index in [1.165, 1.54) is 12.8 Å². The molecular weight excluding hydrogens is 608 g/mol. The Labute approximate surface area is 285 Å². The van der Waals surface area contributed by atoms with E-state index in [-0.39, 0.29) is 11.7 Å². The second-order valence-corrected chi connectivity index (χ2v) is 12.2. The number of halogens is 1. The SMILES string of the molecule is CC.CC.COc1cccc2c(C(=O)NCc3ccccc3C)cn(CCCN3C4CCC3CN(CC(=O)c3ccc(Cl)cc3)C4)c12. The molecule has 1 N–H and O–H groups in total. The number of nitrogens with one attached hydrogen (secondary N) is 1. The van der Waals surface area contributed by atoms with Crippen LogP contribution in [0.15, 0.2) is 72.9 Å². The lowest BCUT2D eigenvalue weighted by molar-refractivity contribution is 0.0588. The first-order valence-corrected chi connectivity index (χ1v) is 17.5. The molecule has 2 unspecified atom stereocenters. The number of para-hydroxylation sites is 1. The van der Waals surface area contributed by atoms with Gasteiger partial charge in [-0.05, 0) is 67.6 Å². The van der Waals surface area contributed by atoms with Crippen molar-refractivity contribution >= 4 is 34.2 Å². The normalized spacial score (nSPS) is 17.3. The summed E-state index contributed by atoms with van der Waals surface area (Å²) in [5.41, 5.74) is 4.62. The number of likely N-dealkylation sites (tertiary alicyclic amines) is 1. The second kappa shape index (κ2) is 17.5. The fourth-order valence-electron chi connectivity index (χ4n) is 6.85. The summed E-state index contributed by atoms with van der Waals surface area (Å²) in [5.74, 6) is 0.841. The minimum Gasteiger partial charge on any atom is -0.495 e. The number of nitrogens with zero attached hydrogens (tertiary/aromatic N) is 3. The van der Waals surface area contributed by atoms with Crippen LogP contribution in [0.5, 0.6) is 5.75 Å². The number of rotatable bonds is 11. The Balaban J connectivity index is 0.00000120. The van der Waals surface area contributed by atoms with Gasteiger partial charge in [-0.2, -0.15) is 0 Å². The highest BCUT2D eigenvalue weighted by molar-refractivity contribution is 6.30. The van der Waals surface area contributed by atoms with Gasteiger partial charge in [0.25, 0.3) is 5.91 Å². The van der Waals surface area contributed by atoms with Gasteiger partial charge in [0, 0.05) is 67.0 Å². The van der Waals surface area contributed by atoms with Crippen LogP contribution < -0.4 is 10.1 Å². The molecule has 2 saturated heterocycles. The third-order valence-corrected chi connectivity index (χ3v) is 9.34. The zero-order valence-corrected chi connectivity index (χ0v) is 29.6. The maximum atomic E-state index is 13.4. The number of aromatic nitrogens is 1. The highest BCUT2D eigenvalue weighted by Crippen LogP contribution is 2.32. The maximum absolute atomic E-state index is 13.4. The van der Waals surface area contributed by atoms with Crippen molar-refractivity contribution in [2.75, 3.05) is 33.3 Å². The van der Waals surface area contributed by atoms with E-state index < -0.39 is 0 Å². The third kappa shape index (κ3) is 8.64. The molecule has 252 valence electrons. The van der Waals surface area contributed by atoms with Crippen LogP contribution in [0.1, 0.15) is 78.8 Å². The van der Waals surface area contributed by atoms with Crippen molar-refractivity contribution in [3.05, 3.63) is 100 Å². The Morgan fingerprint density at radius 3 is 2.23 bits per heavy atom. The van der Waals surface area contributed by atoms with E-state index in [1.54, 1.807) is 19.2 Å². The highest BCUT2D eigenvalue weighted by Gasteiger charge is 2.39. The first-order chi connectivity index (χ1) is 22.9. The van der Waals surface area contributed by atoms with Gasteiger partial charge in [0.05, 0.1) is 24.7 Å². The van der Waals surface area contributed by atoms with Crippen molar-refractivity contribution < 1.29 is 14.3 Å². The average molecular weight is 659 g/mol. The molecule has 3 aromatic carbocycles. The molecule has 1 aromatic heterocycles. The Kier molecular flexibility index (Phi) is 13.5. The molecule has 7 nitrogen and oxygen atoms in total. The second-order valence-electron chi connectivity index (χ2n) is 11.8. The van der Waals surface area contributed by atoms with E-state index in [2.05, 4.69) is 32.7 Å². The minimum absolute atomic E-state index is 0.0810. The van der Waals surface area contributed by atoms with Gasteiger partial charge in [-0.15, -0.1) is 0 Å². The minimum atomic E-state index is -0.0810. The quantitative estimate of drug-likeness (QED) is 0.165. The number of amides is 1. The molecular formula is C39H51ClN4O3. The summed E-state index contributed by atoms with van der Waals surface area (Å²) >= 11 is 6.00. The first kappa shape index (κ1) is 36.2. The number of fused-ring (bicyclic) bond motifs is 3. The topological polar surface area (TPSA) is 66.8 Å². The van der Waals surface area contributed by atoms with Crippen LogP contribution in [0.2, 0.25) is 5.02 Å². The van der Waals surface area contributed by atoms with Gasteiger partial charge in [-0.25, -0.2) is 0 Å². The molecule has 2 fully saturated rings. The summed E-state index contributed by atoms with van der Waals surface area (Å²) in [5, 5.41) is 4.67. The van der Waals surface area contributed by atoms with Crippen molar-refractivity contribution in [2.45, 2.75) is 79.1 Å². The number of ketones is 1. The van der Waals surface area contributed by atoms with E-state index in [0.29, 0.717) is 35.8 Å². The van der Waals surface area contributed by atoms with Crippen LogP contribution in [-0.2, 0) is 13.1 Å². The van der Waals surface area contributed by atoms with E-state index >= 15 is 0 Å². The molecule has 2 bridgehead atoms. The summed E-state index contributed by atoms with van der Waals surface area (Å²) in [4.78, 5) is 31.2. The van der Waals surface area contributed by atoms with E-state index in [0.717, 1.165) is 65.9 Å². The largest absolute Gasteiger partial charge is 0.495 e. The number of ether oxygens (including phenoxy) is 1. The fourth-order valence-corrected chi connectivity index (χ4v) is 6.98. The molecule has 8 heteroatoms. The van der Waals surface area contributed by atoms with Gasteiger partial charge in [0.1, 0.15) is 5.75 Å². The van der Waals surface area contributed by atoms with Gasteiger partial charge >= 0.3 is 0 Å². The van der Waals surface area contributed by atoms with Crippen LogP contribution in [0.25, 0.3) is 10.9 Å². The lowest BCUT2D eigenvalue weighted by Crippen LogP contribution is -2.54. The summed E-state index contributed by atoms with van der Waals surface area (Å²) in [6.07, 6.45) is 5.28. The Hall–Kier alpha value is -3.65. The fraction of sp³-hybridized carbons (Fsp3) is 0.436. The molecule has 2 aliphatic heterocycles. The van der Waals surface area contributed by atoms with Crippen LogP contribution >= 0.6 is 11.6 Å². The summed E-state index contributed by atoms with van der Waals surface area (Å²) in [6, 6.07) is 22.1. The third-order valence-electron chi connectivity index (χ3n) is 9.08. The summed E-state index contributed by atoms with van der Waals surface area (Å²) in [7, 11) is 1.68. The summed E-state index contributed by atoms with van der Waals surface area (Å²) < 4.78 is 7.91. The predicted molar refractivity (Wildman–Crippen MR) is 194 cm³/mol. The monoisotopic (exact) mass is 658 g/mol. The number of methoxy groups -OCH3 is 1. The summed E-state index contributed by atoms with van der Waals surface area (Å²) in [6.45, 7) is 14.6. The molecule has 1 amide bonds. The number of piperazine rings is 1. The van der Waals surface area contributed by atoms with Gasteiger partial charge in [0.15, 0.2) is 5.78 Å². The van der Waals surface area contributed by atoms with Crippen LogP contribution in [0.3, 0.4) is 0 Å². The van der Waals surface area contributed by atoms with Crippen LogP contribution in [-0.4, -0.2) is 71.4 Å².